The monoisotopic (exact) mass is 190 g/mol. The molecule has 0 aliphatic carbocycles. The molecule has 0 radical (unpaired) electrons. The lowest BCUT2D eigenvalue weighted by Crippen LogP contribution is -2.06. The highest BCUT2D eigenvalue weighted by atomic mass is 16.4. The fraction of sp³-hybridized carbons (Fsp3) is 0. The van der Waals surface area contributed by atoms with Crippen LogP contribution in [0.1, 0.15) is 15.9 Å². The summed E-state index contributed by atoms with van der Waals surface area (Å²) in [5.41, 5.74) is 5.14. The van der Waals surface area contributed by atoms with Gasteiger partial charge in [0.15, 0.2) is 0 Å². The molecule has 1 aromatic heterocycles. The van der Waals surface area contributed by atoms with Gasteiger partial charge in [0.25, 0.3) is 5.91 Å². The van der Waals surface area contributed by atoms with Crippen LogP contribution in [0.4, 0.5) is 0 Å². The van der Waals surface area contributed by atoms with Crippen molar-refractivity contribution in [1.82, 2.24) is 4.98 Å². The van der Waals surface area contributed by atoms with E-state index in [4.69, 9.17) is 10.8 Å². The van der Waals surface area contributed by atoms with Gasteiger partial charge in [-0.25, -0.2) is 4.79 Å². The van der Waals surface area contributed by atoms with E-state index in [0.717, 1.165) is 0 Å². The van der Waals surface area contributed by atoms with Crippen molar-refractivity contribution in [2.45, 2.75) is 0 Å². The molecule has 70 valence electrons. The van der Waals surface area contributed by atoms with Crippen LogP contribution in [0.15, 0.2) is 18.5 Å². The number of carbonyl (C=O) groups excluding carboxylic acids is 1. The molecule has 0 atom stereocenters. The second kappa shape index (κ2) is 4.05. The molecule has 3 N–H and O–H groups in total. The third kappa shape index (κ3) is 2.60. The number of rotatable bonds is 1. The third-order valence-corrected chi connectivity index (χ3v) is 1.32. The molecule has 0 bridgehead atoms. The van der Waals surface area contributed by atoms with Crippen molar-refractivity contribution in [2.24, 2.45) is 5.73 Å². The Labute approximate surface area is 79.6 Å². The number of nitrogens with zero attached hydrogens (tertiary/aromatic N) is 1. The normalized spacial score (nSPS) is 8.57. The second-order valence-electron chi connectivity index (χ2n) is 2.38. The molecular formula is C9H6N2O3. The maximum atomic E-state index is 10.5. The van der Waals surface area contributed by atoms with E-state index in [1.165, 1.54) is 18.5 Å². The summed E-state index contributed by atoms with van der Waals surface area (Å²) in [4.78, 5) is 24.5. The Morgan fingerprint density at radius 3 is 2.71 bits per heavy atom. The molecule has 1 heterocycles. The Kier molecular flexibility index (Phi) is 2.82. The van der Waals surface area contributed by atoms with Crippen LogP contribution < -0.4 is 5.73 Å². The molecule has 1 aromatic rings. The predicted octanol–water partition coefficient (Wildman–Crippen LogP) is -0.383. The van der Waals surface area contributed by atoms with Gasteiger partial charge < -0.3 is 10.8 Å². The van der Waals surface area contributed by atoms with Gasteiger partial charge in [0, 0.05) is 23.9 Å². The molecule has 1 rings (SSSR count). The van der Waals surface area contributed by atoms with Gasteiger partial charge in [-0.05, 0) is 6.07 Å². The molecule has 0 saturated heterocycles. The molecule has 14 heavy (non-hydrogen) atoms. The maximum Gasteiger partial charge on any atom is 0.337 e. The zero-order valence-corrected chi connectivity index (χ0v) is 7.02. The molecule has 5 heteroatoms. The molecule has 0 aliphatic rings. The van der Waals surface area contributed by atoms with Gasteiger partial charge in [-0.2, -0.15) is 0 Å². The predicted molar refractivity (Wildman–Crippen MR) is 47.3 cm³/mol. The van der Waals surface area contributed by atoms with Gasteiger partial charge in [0.05, 0.1) is 5.56 Å². The van der Waals surface area contributed by atoms with Crippen LogP contribution in [0.25, 0.3) is 0 Å². The summed E-state index contributed by atoms with van der Waals surface area (Å²) in [6, 6.07) is 1.31. The Morgan fingerprint density at radius 2 is 2.14 bits per heavy atom. The van der Waals surface area contributed by atoms with Crippen LogP contribution in [-0.4, -0.2) is 22.0 Å². The van der Waals surface area contributed by atoms with Gasteiger partial charge in [-0.15, -0.1) is 0 Å². The first-order valence-corrected chi connectivity index (χ1v) is 3.59. The highest BCUT2D eigenvalue weighted by Crippen LogP contribution is 2.00. The molecule has 1 amide bonds. The van der Waals surface area contributed by atoms with Crippen LogP contribution in [0.2, 0.25) is 0 Å². The summed E-state index contributed by atoms with van der Waals surface area (Å²) >= 11 is 0. The summed E-state index contributed by atoms with van der Waals surface area (Å²) in [7, 11) is 0. The number of carbonyl (C=O) groups is 2. The van der Waals surface area contributed by atoms with Crippen molar-refractivity contribution in [2.75, 3.05) is 0 Å². The zero-order valence-electron chi connectivity index (χ0n) is 7.02. The summed E-state index contributed by atoms with van der Waals surface area (Å²) in [5, 5.41) is 8.61. The number of hydrogen-bond acceptors (Lipinski definition) is 3. The van der Waals surface area contributed by atoms with E-state index in [2.05, 4.69) is 16.8 Å². The number of aromatic carboxylic acids is 1. The topological polar surface area (TPSA) is 93.3 Å². The standard InChI is InChI=1S/C9H6N2O3/c10-8(12)2-1-6-3-7(9(13)14)5-11-4-6/h3-5H,(H2,10,12)(H,13,14). The lowest BCUT2D eigenvalue weighted by molar-refractivity contribution is -0.112. The summed E-state index contributed by atoms with van der Waals surface area (Å²) < 4.78 is 0. The first-order chi connectivity index (χ1) is 6.59. The third-order valence-electron chi connectivity index (χ3n) is 1.32. The number of carboxylic acids is 1. The molecule has 0 spiro atoms. The minimum Gasteiger partial charge on any atom is -0.478 e. The van der Waals surface area contributed by atoms with Gasteiger partial charge in [0.2, 0.25) is 0 Å². The lowest BCUT2D eigenvalue weighted by Gasteiger charge is -1.92. The van der Waals surface area contributed by atoms with Gasteiger partial charge in [0.1, 0.15) is 0 Å². The van der Waals surface area contributed by atoms with Gasteiger partial charge in [-0.3, -0.25) is 9.78 Å². The largest absolute Gasteiger partial charge is 0.478 e. The smallest absolute Gasteiger partial charge is 0.337 e. The van der Waals surface area contributed by atoms with Crippen molar-refractivity contribution < 1.29 is 14.7 Å². The van der Waals surface area contributed by atoms with E-state index in [1.807, 2.05) is 0 Å². The number of carboxylic acid groups (broad SMARTS) is 1. The SMILES string of the molecule is NC(=O)C#Cc1cncc(C(=O)O)c1. The fourth-order valence-electron chi connectivity index (χ4n) is 0.759. The van der Waals surface area contributed by atoms with Crippen LogP contribution in [0.3, 0.4) is 0 Å². The second-order valence-corrected chi connectivity index (χ2v) is 2.38. The number of nitrogens with two attached hydrogens (primary N) is 1. The van der Waals surface area contributed by atoms with E-state index < -0.39 is 11.9 Å². The minimum absolute atomic E-state index is 0.0151. The molecule has 5 nitrogen and oxygen atoms in total. The highest BCUT2D eigenvalue weighted by Gasteiger charge is 2.02. The summed E-state index contributed by atoms with van der Waals surface area (Å²) in [6.07, 6.45) is 2.54. The Hall–Kier alpha value is -2.35. The van der Waals surface area contributed by atoms with E-state index in [-0.39, 0.29) is 5.56 Å². The van der Waals surface area contributed by atoms with E-state index in [0.29, 0.717) is 5.56 Å². The van der Waals surface area contributed by atoms with E-state index >= 15 is 0 Å². The molecule has 0 fully saturated rings. The van der Waals surface area contributed by atoms with Crippen molar-refractivity contribution in [3.05, 3.63) is 29.6 Å². The average Bonchev–Trinajstić information content (AvgIpc) is 2.15. The van der Waals surface area contributed by atoms with Crippen molar-refractivity contribution in [1.29, 1.82) is 0 Å². The Bertz CT molecular complexity index is 443. The number of aromatic nitrogens is 1. The molecule has 0 unspecified atom stereocenters. The number of pyridine rings is 1. The van der Waals surface area contributed by atoms with Crippen LogP contribution in [0, 0.1) is 11.8 Å². The van der Waals surface area contributed by atoms with Crippen LogP contribution >= 0.6 is 0 Å². The van der Waals surface area contributed by atoms with Gasteiger partial charge in [-0.1, -0.05) is 5.92 Å². The average molecular weight is 190 g/mol. The van der Waals surface area contributed by atoms with E-state index in [1.54, 1.807) is 0 Å². The van der Waals surface area contributed by atoms with Crippen molar-refractivity contribution in [3.63, 3.8) is 0 Å². The minimum atomic E-state index is -1.10. The number of primary amides is 1. The zero-order chi connectivity index (χ0) is 10.6. The molecule has 0 aromatic carbocycles. The fourth-order valence-corrected chi connectivity index (χ4v) is 0.759. The quantitative estimate of drug-likeness (QED) is 0.590. The molecule has 0 aliphatic heterocycles. The molecule has 0 saturated carbocycles. The number of amides is 1. The van der Waals surface area contributed by atoms with Crippen molar-refractivity contribution >= 4 is 11.9 Å². The van der Waals surface area contributed by atoms with Crippen LogP contribution in [-0.2, 0) is 4.79 Å². The first-order valence-electron chi connectivity index (χ1n) is 3.59. The first kappa shape index (κ1) is 9.74. The Morgan fingerprint density at radius 1 is 1.43 bits per heavy atom. The van der Waals surface area contributed by atoms with Crippen LogP contribution in [0.5, 0.6) is 0 Å². The maximum absolute atomic E-state index is 10.5. The van der Waals surface area contributed by atoms with Gasteiger partial charge >= 0.3 is 5.97 Å². The Balaban J connectivity index is 3.02. The number of hydrogen-bond donors (Lipinski definition) is 2. The summed E-state index contributed by atoms with van der Waals surface area (Å²) in [6.45, 7) is 0. The lowest BCUT2D eigenvalue weighted by atomic mass is 10.2. The summed E-state index contributed by atoms with van der Waals surface area (Å²) in [5.74, 6) is 2.60. The van der Waals surface area contributed by atoms with Crippen molar-refractivity contribution in [3.8, 4) is 11.8 Å². The van der Waals surface area contributed by atoms with E-state index in [9.17, 15) is 9.59 Å². The molecular weight excluding hydrogens is 184 g/mol. The highest BCUT2D eigenvalue weighted by molar-refractivity contribution is 5.92.